The SMILES string of the molecule is COc1cc([C@@H]2O[C@H]2c2ccccc2)oc(=O)c1. The van der Waals surface area contributed by atoms with Gasteiger partial charge in [0.05, 0.1) is 13.2 Å². The summed E-state index contributed by atoms with van der Waals surface area (Å²) in [5.74, 6) is 0.997. The first-order valence-corrected chi connectivity index (χ1v) is 5.67. The Balaban J connectivity index is 1.86. The van der Waals surface area contributed by atoms with Crippen LogP contribution in [0, 0.1) is 0 Å². The van der Waals surface area contributed by atoms with Crippen LogP contribution in [0.4, 0.5) is 0 Å². The Labute approximate surface area is 104 Å². The fourth-order valence-electron chi connectivity index (χ4n) is 1.96. The Bertz CT molecular complexity index is 603. The summed E-state index contributed by atoms with van der Waals surface area (Å²) in [6.07, 6.45) is -0.239. The minimum Gasteiger partial charge on any atom is -0.496 e. The first-order chi connectivity index (χ1) is 8.78. The average Bonchev–Trinajstić information content (AvgIpc) is 3.19. The largest absolute Gasteiger partial charge is 0.496 e. The number of methoxy groups -OCH3 is 1. The van der Waals surface area contributed by atoms with Gasteiger partial charge in [0.2, 0.25) is 0 Å². The minimum absolute atomic E-state index is 0.0403. The molecule has 1 aromatic heterocycles. The third-order valence-electron chi connectivity index (χ3n) is 2.90. The topological polar surface area (TPSA) is 52.0 Å². The van der Waals surface area contributed by atoms with E-state index in [9.17, 15) is 4.79 Å². The molecule has 1 aromatic carbocycles. The summed E-state index contributed by atoms with van der Waals surface area (Å²) in [7, 11) is 1.51. The van der Waals surface area contributed by atoms with Crippen LogP contribution in [0.3, 0.4) is 0 Å². The zero-order chi connectivity index (χ0) is 12.5. The first-order valence-electron chi connectivity index (χ1n) is 5.67. The molecule has 0 radical (unpaired) electrons. The third kappa shape index (κ3) is 2.02. The van der Waals surface area contributed by atoms with E-state index in [1.807, 2.05) is 30.3 Å². The molecule has 92 valence electrons. The van der Waals surface area contributed by atoms with Crippen LogP contribution in [0.25, 0.3) is 0 Å². The zero-order valence-corrected chi connectivity index (χ0v) is 9.83. The van der Waals surface area contributed by atoms with Gasteiger partial charge in [-0.25, -0.2) is 4.79 Å². The van der Waals surface area contributed by atoms with Crippen LogP contribution < -0.4 is 10.4 Å². The number of rotatable bonds is 3. The highest BCUT2D eigenvalue weighted by Gasteiger charge is 2.43. The third-order valence-corrected chi connectivity index (χ3v) is 2.90. The Morgan fingerprint density at radius 3 is 2.61 bits per heavy atom. The second kappa shape index (κ2) is 4.31. The van der Waals surface area contributed by atoms with E-state index in [0.717, 1.165) is 5.56 Å². The standard InChI is InChI=1S/C14H12O4/c1-16-10-7-11(17-12(15)8-10)14-13(18-14)9-5-3-2-4-6-9/h2-8,13-14H,1H3/t13-,14-/m0/s1. The molecule has 1 aliphatic heterocycles. The van der Waals surface area contributed by atoms with E-state index in [2.05, 4.69) is 0 Å². The van der Waals surface area contributed by atoms with Gasteiger partial charge in [0.25, 0.3) is 0 Å². The Morgan fingerprint density at radius 2 is 1.89 bits per heavy atom. The van der Waals surface area contributed by atoms with Crippen molar-refractivity contribution >= 4 is 0 Å². The average molecular weight is 244 g/mol. The van der Waals surface area contributed by atoms with Crippen LogP contribution in [0.5, 0.6) is 5.75 Å². The van der Waals surface area contributed by atoms with Crippen molar-refractivity contribution in [1.82, 2.24) is 0 Å². The Hall–Kier alpha value is -2.07. The van der Waals surface area contributed by atoms with Gasteiger partial charge < -0.3 is 13.9 Å². The summed E-state index contributed by atoms with van der Waals surface area (Å²) < 4.78 is 15.7. The van der Waals surface area contributed by atoms with E-state index in [0.29, 0.717) is 11.5 Å². The van der Waals surface area contributed by atoms with Crippen molar-refractivity contribution in [3.63, 3.8) is 0 Å². The maximum Gasteiger partial charge on any atom is 0.339 e. The molecule has 18 heavy (non-hydrogen) atoms. The molecule has 4 nitrogen and oxygen atoms in total. The predicted molar refractivity (Wildman–Crippen MR) is 64.5 cm³/mol. The molecule has 0 unspecified atom stereocenters. The van der Waals surface area contributed by atoms with Crippen LogP contribution in [0.2, 0.25) is 0 Å². The summed E-state index contributed by atoms with van der Waals surface area (Å²) in [5.41, 5.74) is 0.652. The fourth-order valence-corrected chi connectivity index (χ4v) is 1.96. The van der Waals surface area contributed by atoms with E-state index in [4.69, 9.17) is 13.9 Å². The van der Waals surface area contributed by atoms with E-state index >= 15 is 0 Å². The highest BCUT2D eigenvalue weighted by molar-refractivity contribution is 5.29. The number of benzene rings is 1. The monoisotopic (exact) mass is 244 g/mol. The minimum atomic E-state index is -0.424. The van der Waals surface area contributed by atoms with Gasteiger partial charge >= 0.3 is 5.63 Å². The molecule has 0 bridgehead atoms. The summed E-state index contributed by atoms with van der Waals surface area (Å²) in [6, 6.07) is 12.8. The number of ether oxygens (including phenoxy) is 2. The van der Waals surface area contributed by atoms with Gasteiger partial charge in [-0.2, -0.15) is 0 Å². The molecule has 2 aromatic rings. The lowest BCUT2D eigenvalue weighted by molar-refractivity contribution is 0.332. The highest BCUT2D eigenvalue weighted by atomic mass is 16.6. The number of hydrogen-bond donors (Lipinski definition) is 0. The van der Waals surface area contributed by atoms with E-state index < -0.39 is 5.63 Å². The Morgan fingerprint density at radius 1 is 1.11 bits per heavy atom. The molecule has 1 aliphatic rings. The molecule has 3 rings (SSSR count). The smallest absolute Gasteiger partial charge is 0.339 e. The zero-order valence-electron chi connectivity index (χ0n) is 9.83. The molecule has 0 aliphatic carbocycles. The quantitative estimate of drug-likeness (QED) is 0.778. The molecule has 0 spiro atoms. The maximum atomic E-state index is 11.3. The van der Waals surface area contributed by atoms with E-state index in [1.165, 1.54) is 13.2 Å². The first kappa shape index (κ1) is 11.0. The molecule has 2 heterocycles. The molecule has 0 saturated carbocycles. The Kier molecular flexibility index (Phi) is 2.64. The molecular weight excluding hydrogens is 232 g/mol. The number of hydrogen-bond acceptors (Lipinski definition) is 4. The van der Waals surface area contributed by atoms with Crippen molar-refractivity contribution in [3.8, 4) is 5.75 Å². The van der Waals surface area contributed by atoms with Crippen LogP contribution in [0.15, 0.2) is 51.7 Å². The van der Waals surface area contributed by atoms with Gasteiger partial charge in [0.1, 0.15) is 23.7 Å². The van der Waals surface area contributed by atoms with Gasteiger partial charge in [-0.05, 0) is 5.56 Å². The van der Waals surface area contributed by atoms with Crippen molar-refractivity contribution < 1.29 is 13.9 Å². The van der Waals surface area contributed by atoms with Crippen molar-refractivity contribution in [3.05, 3.63) is 64.2 Å². The van der Waals surface area contributed by atoms with Crippen molar-refractivity contribution in [1.29, 1.82) is 0 Å². The molecule has 0 N–H and O–H groups in total. The molecule has 1 fully saturated rings. The summed E-state index contributed by atoms with van der Waals surface area (Å²) in [4.78, 5) is 11.3. The van der Waals surface area contributed by atoms with Crippen molar-refractivity contribution in [2.75, 3.05) is 7.11 Å². The van der Waals surface area contributed by atoms with Crippen molar-refractivity contribution in [2.24, 2.45) is 0 Å². The lowest BCUT2D eigenvalue weighted by Gasteiger charge is -2.00. The summed E-state index contributed by atoms with van der Waals surface area (Å²) in [6.45, 7) is 0. The maximum absolute atomic E-state index is 11.3. The normalized spacial score (nSPS) is 21.6. The van der Waals surface area contributed by atoms with Gasteiger partial charge in [0, 0.05) is 6.07 Å². The highest BCUT2D eigenvalue weighted by Crippen LogP contribution is 2.50. The van der Waals surface area contributed by atoms with Gasteiger partial charge in [-0.15, -0.1) is 0 Å². The molecule has 2 atom stereocenters. The lowest BCUT2D eigenvalue weighted by atomic mass is 10.1. The predicted octanol–water partition coefficient (Wildman–Crippen LogP) is 2.46. The molecule has 0 amide bonds. The van der Waals surface area contributed by atoms with Crippen LogP contribution in [-0.4, -0.2) is 7.11 Å². The van der Waals surface area contributed by atoms with Crippen LogP contribution in [0.1, 0.15) is 23.5 Å². The summed E-state index contributed by atoms with van der Waals surface area (Å²) in [5, 5.41) is 0. The van der Waals surface area contributed by atoms with Crippen LogP contribution >= 0.6 is 0 Å². The lowest BCUT2D eigenvalue weighted by Crippen LogP contribution is -2.00. The number of epoxide rings is 1. The molecule has 1 saturated heterocycles. The van der Waals surface area contributed by atoms with Crippen molar-refractivity contribution in [2.45, 2.75) is 12.2 Å². The second-order valence-corrected chi connectivity index (χ2v) is 4.11. The molecule has 4 heteroatoms. The van der Waals surface area contributed by atoms with Gasteiger partial charge in [-0.1, -0.05) is 30.3 Å². The van der Waals surface area contributed by atoms with Gasteiger partial charge in [-0.3, -0.25) is 0 Å². The molecular formula is C14H12O4. The van der Waals surface area contributed by atoms with E-state index in [-0.39, 0.29) is 12.2 Å². The van der Waals surface area contributed by atoms with E-state index in [1.54, 1.807) is 6.07 Å². The second-order valence-electron chi connectivity index (χ2n) is 4.11. The van der Waals surface area contributed by atoms with Gasteiger partial charge in [0.15, 0.2) is 0 Å². The van der Waals surface area contributed by atoms with Crippen LogP contribution in [-0.2, 0) is 4.74 Å². The fraction of sp³-hybridized carbons (Fsp3) is 0.214. The summed E-state index contributed by atoms with van der Waals surface area (Å²) >= 11 is 0.